The lowest BCUT2D eigenvalue weighted by atomic mass is 9.89. The number of ether oxygens (including phenoxy) is 1. The van der Waals surface area contributed by atoms with Crippen molar-refractivity contribution in [3.63, 3.8) is 0 Å². The largest absolute Gasteiger partial charge is 0.368 e. The standard InChI is InChI=1S/C24H23FN4O5/c25-16-7-1-2-8-17(16)28-23(30)21(24(31)29(32)33)20(15-6-4-12-26-13-15)22(27-28)19-11-10-14-5-3-9-18(14)34-19/h1-2,4,6-8,12-14,18-19,32-33H,3,5,9-11H2. The first kappa shape index (κ1) is 22.3. The number of rotatable bonds is 4. The van der Waals surface area contributed by atoms with E-state index in [1.165, 1.54) is 36.7 Å². The molecule has 176 valence electrons. The maximum Gasteiger partial charge on any atom is 0.309 e. The first-order valence-electron chi connectivity index (χ1n) is 11.2. The van der Waals surface area contributed by atoms with Gasteiger partial charge in [0.25, 0.3) is 5.56 Å². The van der Waals surface area contributed by atoms with Crippen LogP contribution in [0.2, 0.25) is 0 Å². The summed E-state index contributed by atoms with van der Waals surface area (Å²) in [5.74, 6) is -1.64. The van der Waals surface area contributed by atoms with Crippen molar-refractivity contribution < 1.29 is 24.3 Å². The predicted octanol–water partition coefficient (Wildman–Crippen LogP) is 3.67. The number of carbonyl (C=O) groups is 1. The van der Waals surface area contributed by atoms with E-state index in [-0.39, 0.29) is 23.0 Å². The van der Waals surface area contributed by atoms with E-state index in [4.69, 9.17) is 4.74 Å². The van der Waals surface area contributed by atoms with Crippen LogP contribution in [0.4, 0.5) is 4.39 Å². The number of hydroxylamine groups is 2. The molecule has 1 aliphatic carbocycles. The number of halogens is 1. The topological polar surface area (TPSA) is 118 Å². The molecular weight excluding hydrogens is 443 g/mol. The number of fused-ring (bicyclic) bond motifs is 1. The zero-order chi connectivity index (χ0) is 23.8. The molecule has 3 aromatic rings. The van der Waals surface area contributed by atoms with E-state index in [2.05, 4.69) is 10.1 Å². The molecule has 1 aliphatic heterocycles. The van der Waals surface area contributed by atoms with Crippen LogP contribution in [0.15, 0.2) is 53.6 Å². The first-order valence-corrected chi connectivity index (χ1v) is 11.2. The highest BCUT2D eigenvalue weighted by Crippen LogP contribution is 2.44. The maximum atomic E-state index is 14.7. The molecule has 2 aliphatic rings. The van der Waals surface area contributed by atoms with E-state index < -0.39 is 34.2 Å². The van der Waals surface area contributed by atoms with E-state index in [0.29, 0.717) is 17.9 Å². The first-order chi connectivity index (χ1) is 16.5. The summed E-state index contributed by atoms with van der Waals surface area (Å²) in [6.45, 7) is 0. The molecule has 34 heavy (non-hydrogen) atoms. The molecule has 1 saturated heterocycles. The minimum absolute atomic E-state index is 0.0301. The third-order valence-corrected chi connectivity index (χ3v) is 6.58. The highest BCUT2D eigenvalue weighted by atomic mass is 19.1. The second kappa shape index (κ2) is 9.05. The fourth-order valence-electron chi connectivity index (χ4n) is 5.02. The molecule has 1 amide bonds. The molecule has 0 spiro atoms. The second-order valence-corrected chi connectivity index (χ2v) is 8.57. The van der Waals surface area contributed by atoms with Gasteiger partial charge in [0.1, 0.15) is 23.2 Å². The zero-order valence-corrected chi connectivity index (χ0v) is 18.2. The lowest BCUT2D eigenvalue weighted by molar-refractivity contribution is -0.260. The number of carbonyl (C=O) groups excluding carboxylic acids is 1. The number of pyridine rings is 1. The van der Waals surface area contributed by atoms with Crippen molar-refractivity contribution in [1.29, 1.82) is 0 Å². The van der Waals surface area contributed by atoms with Gasteiger partial charge in [-0.1, -0.05) is 29.8 Å². The lowest BCUT2D eigenvalue weighted by Crippen LogP contribution is -2.37. The molecule has 10 heteroatoms. The van der Waals surface area contributed by atoms with E-state index in [0.717, 1.165) is 30.4 Å². The molecule has 9 nitrogen and oxygen atoms in total. The lowest BCUT2D eigenvalue weighted by Gasteiger charge is -2.33. The monoisotopic (exact) mass is 466 g/mol. The highest BCUT2D eigenvalue weighted by molar-refractivity contribution is 6.00. The Morgan fingerprint density at radius 1 is 1.12 bits per heavy atom. The molecule has 2 fully saturated rings. The Bertz CT molecular complexity index is 1280. The van der Waals surface area contributed by atoms with Crippen molar-refractivity contribution in [3.8, 4) is 16.8 Å². The summed E-state index contributed by atoms with van der Waals surface area (Å²) >= 11 is 0. The molecule has 2 N–H and O–H groups in total. The second-order valence-electron chi connectivity index (χ2n) is 8.57. The molecule has 3 unspecified atom stereocenters. The Hall–Kier alpha value is -3.47. The Morgan fingerprint density at radius 3 is 2.68 bits per heavy atom. The number of para-hydroxylation sites is 1. The quantitative estimate of drug-likeness (QED) is 0.445. The third-order valence-electron chi connectivity index (χ3n) is 6.58. The number of aromatic nitrogens is 3. The van der Waals surface area contributed by atoms with Crippen molar-refractivity contribution in [2.75, 3.05) is 0 Å². The Kier molecular flexibility index (Phi) is 5.94. The van der Waals surface area contributed by atoms with Gasteiger partial charge in [-0.3, -0.25) is 25.0 Å². The number of hydrogen-bond donors (Lipinski definition) is 2. The summed E-state index contributed by atoms with van der Waals surface area (Å²) in [4.78, 5) is 30.4. The van der Waals surface area contributed by atoms with Crippen LogP contribution in [-0.2, 0) is 4.74 Å². The molecule has 1 aromatic carbocycles. The van der Waals surface area contributed by atoms with Crippen LogP contribution in [0.3, 0.4) is 0 Å². The summed E-state index contributed by atoms with van der Waals surface area (Å²) in [6.07, 6.45) is 6.96. The van der Waals surface area contributed by atoms with Crippen molar-refractivity contribution >= 4 is 5.91 Å². The smallest absolute Gasteiger partial charge is 0.309 e. The van der Waals surface area contributed by atoms with E-state index in [9.17, 15) is 24.4 Å². The van der Waals surface area contributed by atoms with Gasteiger partial charge in [-0.2, -0.15) is 9.78 Å². The van der Waals surface area contributed by atoms with Gasteiger partial charge in [-0.15, -0.1) is 0 Å². The fourth-order valence-corrected chi connectivity index (χ4v) is 5.02. The van der Waals surface area contributed by atoms with Crippen molar-refractivity contribution in [2.24, 2.45) is 5.92 Å². The maximum absolute atomic E-state index is 14.7. The molecule has 1 saturated carbocycles. The van der Waals surface area contributed by atoms with Gasteiger partial charge >= 0.3 is 5.91 Å². The van der Waals surface area contributed by atoms with E-state index in [1.54, 1.807) is 12.1 Å². The average molecular weight is 466 g/mol. The van der Waals surface area contributed by atoms with Crippen molar-refractivity contribution in [3.05, 3.63) is 76.2 Å². The summed E-state index contributed by atoms with van der Waals surface area (Å²) in [5.41, 5.74) is -1.02. The fraction of sp³-hybridized carbons (Fsp3) is 0.333. The minimum Gasteiger partial charge on any atom is -0.368 e. The predicted molar refractivity (Wildman–Crippen MR) is 117 cm³/mol. The molecule has 2 aromatic heterocycles. The number of hydrogen-bond acceptors (Lipinski definition) is 7. The number of nitrogens with zero attached hydrogens (tertiary/aromatic N) is 4. The van der Waals surface area contributed by atoms with Crippen LogP contribution in [0.25, 0.3) is 16.8 Å². The van der Waals surface area contributed by atoms with Gasteiger partial charge in [0.2, 0.25) is 0 Å². The Morgan fingerprint density at radius 2 is 1.94 bits per heavy atom. The molecule has 3 heterocycles. The van der Waals surface area contributed by atoms with Crippen molar-refractivity contribution in [2.45, 2.75) is 44.3 Å². The van der Waals surface area contributed by atoms with Crippen LogP contribution in [0, 0.1) is 11.7 Å². The number of amides is 1. The van der Waals surface area contributed by atoms with E-state index >= 15 is 0 Å². The summed E-state index contributed by atoms with van der Waals surface area (Å²) in [7, 11) is 0. The van der Waals surface area contributed by atoms with Crippen LogP contribution < -0.4 is 5.56 Å². The summed E-state index contributed by atoms with van der Waals surface area (Å²) < 4.78 is 21.8. The van der Waals surface area contributed by atoms with Gasteiger partial charge in [0.15, 0.2) is 0 Å². The van der Waals surface area contributed by atoms with Gasteiger partial charge in [0, 0.05) is 23.5 Å². The van der Waals surface area contributed by atoms with Crippen LogP contribution in [-0.4, -0.2) is 42.4 Å². The molecule has 0 bridgehead atoms. The van der Waals surface area contributed by atoms with Gasteiger partial charge in [0.05, 0.1) is 11.8 Å². The van der Waals surface area contributed by atoms with Crippen molar-refractivity contribution in [1.82, 2.24) is 20.0 Å². The molecule has 0 radical (unpaired) electrons. The zero-order valence-electron chi connectivity index (χ0n) is 18.2. The Labute approximate surface area is 194 Å². The van der Waals surface area contributed by atoms with Gasteiger partial charge in [-0.05, 0) is 49.8 Å². The van der Waals surface area contributed by atoms with Gasteiger partial charge in [-0.25, -0.2) is 4.39 Å². The minimum atomic E-state index is -1.37. The normalized spacial score (nSPS) is 21.8. The molecule has 5 rings (SSSR count). The van der Waals surface area contributed by atoms with Crippen LogP contribution in [0.1, 0.15) is 54.3 Å². The van der Waals surface area contributed by atoms with Crippen LogP contribution in [0.5, 0.6) is 0 Å². The highest BCUT2D eigenvalue weighted by Gasteiger charge is 2.39. The molecular formula is C24H23FN4O5. The third kappa shape index (κ3) is 3.89. The average Bonchev–Trinajstić information content (AvgIpc) is 3.32. The van der Waals surface area contributed by atoms with E-state index in [1.807, 2.05) is 0 Å². The summed E-state index contributed by atoms with van der Waals surface area (Å²) in [6, 6.07) is 8.79. The molecule has 3 atom stereocenters. The Balaban J connectivity index is 1.79. The SMILES string of the molecule is O=C(c1c(-c2cccnc2)c(C2CCC3CCCC3O2)nn(-c2ccccc2F)c1=O)N(O)O. The van der Waals surface area contributed by atoms with Gasteiger partial charge < -0.3 is 4.74 Å². The summed E-state index contributed by atoms with van der Waals surface area (Å²) in [5, 5.41) is 23.0. The number of benzene rings is 1. The van der Waals surface area contributed by atoms with Crippen LogP contribution >= 0.6 is 0 Å².